The predicted molar refractivity (Wildman–Crippen MR) is 113 cm³/mol. The van der Waals surface area contributed by atoms with Gasteiger partial charge in [0.05, 0.1) is 0 Å². The highest BCUT2D eigenvalue weighted by atomic mass is 16.1. The first-order valence-corrected chi connectivity index (χ1v) is 11.8. The van der Waals surface area contributed by atoms with Crippen molar-refractivity contribution in [3.8, 4) is 0 Å². The molecule has 0 saturated heterocycles. The Morgan fingerprint density at radius 3 is 2.30 bits per heavy atom. The molecule has 0 amide bonds. The monoisotopic (exact) mass is 368 g/mol. The fourth-order valence-electron chi connectivity index (χ4n) is 8.29. The normalized spacial score (nSPS) is 47.4. The number of rotatable bonds is 1. The SMILES string of the molecule is CC.CC(=O)[C@H]1CCC2[C@@H]3CCC4CC(=C5C=C5)CC[C@]4(C)C3CC[C@@]21C. The number of hydrogen-bond acceptors (Lipinski definition) is 1. The molecule has 4 fully saturated rings. The average molecular weight is 369 g/mol. The minimum absolute atomic E-state index is 0.315. The molecule has 1 nitrogen and oxygen atoms in total. The van der Waals surface area contributed by atoms with Crippen LogP contribution in [0.2, 0.25) is 0 Å². The topological polar surface area (TPSA) is 17.1 Å². The van der Waals surface area contributed by atoms with Crippen LogP contribution in [0, 0.1) is 40.4 Å². The molecule has 4 saturated carbocycles. The number of carbonyl (C=O) groups is 1. The molecule has 0 radical (unpaired) electrons. The molecule has 0 N–H and O–H groups in total. The first-order chi connectivity index (χ1) is 12.9. The third-order valence-electron chi connectivity index (χ3n) is 9.76. The molecule has 0 heterocycles. The molecule has 1 heteroatoms. The van der Waals surface area contributed by atoms with Gasteiger partial charge in [-0.25, -0.2) is 0 Å². The predicted octanol–water partition coefficient (Wildman–Crippen LogP) is 7.13. The number of fused-ring (bicyclic) bond motifs is 5. The Balaban J connectivity index is 0.000000872. The lowest BCUT2D eigenvalue weighted by molar-refractivity contribution is -0.132. The van der Waals surface area contributed by atoms with E-state index in [0.29, 0.717) is 22.5 Å². The minimum atomic E-state index is 0.315. The van der Waals surface area contributed by atoms with Crippen LogP contribution in [0.3, 0.4) is 0 Å². The van der Waals surface area contributed by atoms with Crippen molar-refractivity contribution in [1.82, 2.24) is 0 Å². The zero-order valence-electron chi connectivity index (χ0n) is 18.3. The molecular weight excluding hydrogens is 328 g/mol. The molecule has 150 valence electrons. The molecule has 0 aromatic heterocycles. The Morgan fingerprint density at radius 1 is 0.926 bits per heavy atom. The first kappa shape index (κ1) is 19.5. The summed E-state index contributed by atoms with van der Waals surface area (Å²) in [5.41, 5.74) is 4.23. The quantitative estimate of drug-likeness (QED) is 0.481. The largest absolute Gasteiger partial charge is 0.300 e. The van der Waals surface area contributed by atoms with Crippen LogP contribution in [0.25, 0.3) is 0 Å². The van der Waals surface area contributed by atoms with Crippen LogP contribution in [0.4, 0.5) is 0 Å². The van der Waals surface area contributed by atoms with Gasteiger partial charge in [-0.05, 0) is 105 Å². The summed E-state index contributed by atoms with van der Waals surface area (Å²) in [6.45, 7) is 11.0. The van der Waals surface area contributed by atoms with Crippen LogP contribution in [-0.2, 0) is 4.79 Å². The van der Waals surface area contributed by atoms with Crippen LogP contribution < -0.4 is 0 Å². The van der Waals surface area contributed by atoms with E-state index in [0.717, 1.165) is 23.7 Å². The van der Waals surface area contributed by atoms with E-state index >= 15 is 0 Å². The maximum atomic E-state index is 12.3. The number of hydrogen-bond donors (Lipinski definition) is 0. The second-order valence-electron chi connectivity index (χ2n) is 10.5. The van der Waals surface area contributed by atoms with Crippen LogP contribution >= 0.6 is 0 Å². The van der Waals surface area contributed by atoms with E-state index in [9.17, 15) is 4.79 Å². The van der Waals surface area contributed by atoms with Gasteiger partial charge in [0.1, 0.15) is 5.78 Å². The Kier molecular flexibility index (Phi) is 4.97. The molecule has 5 aliphatic rings. The standard InChI is InChI=1S/C24H34O.C2H6/c1-15(25)20-8-9-21-19-7-6-18-14-17(16-4-5-16)10-12-23(18,2)22(19)11-13-24(20,21)3;1-2/h4-5,18-22H,6-14H2,1-3H3;1-2H3/t18?,19-,20+,21?,22?,23-,24+;/m0./s1. The van der Waals surface area contributed by atoms with Gasteiger partial charge in [-0.3, -0.25) is 4.79 Å². The second kappa shape index (κ2) is 6.89. The average Bonchev–Trinajstić information content (AvgIpc) is 3.43. The fraction of sp³-hybridized carbons (Fsp3) is 0.808. The summed E-state index contributed by atoms with van der Waals surface area (Å²) >= 11 is 0. The third-order valence-corrected chi connectivity index (χ3v) is 9.76. The Bertz CT molecular complexity index is 662. The zero-order valence-corrected chi connectivity index (χ0v) is 18.3. The lowest BCUT2D eigenvalue weighted by Crippen LogP contribution is -2.53. The lowest BCUT2D eigenvalue weighted by Gasteiger charge is -2.60. The van der Waals surface area contributed by atoms with Crippen LogP contribution in [0.15, 0.2) is 23.3 Å². The summed E-state index contributed by atoms with van der Waals surface area (Å²) in [5.74, 6) is 4.39. The van der Waals surface area contributed by atoms with Crippen molar-refractivity contribution >= 4 is 5.78 Å². The molecule has 0 aliphatic heterocycles. The first-order valence-electron chi connectivity index (χ1n) is 11.8. The molecule has 5 aliphatic carbocycles. The van der Waals surface area contributed by atoms with Gasteiger partial charge in [0.2, 0.25) is 0 Å². The smallest absolute Gasteiger partial charge is 0.133 e. The van der Waals surface area contributed by atoms with Crippen molar-refractivity contribution in [2.24, 2.45) is 40.4 Å². The number of allylic oxidation sites excluding steroid dienone is 4. The van der Waals surface area contributed by atoms with Gasteiger partial charge in [0.15, 0.2) is 0 Å². The molecule has 0 bridgehead atoms. The van der Waals surface area contributed by atoms with E-state index in [1.165, 1.54) is 57.8 Å². The Morgan fingerprint density at radius 2 is 1.63 bits per heavy atom. The van der Waals surface area contributed by atoms with Gasteiger partial charge >= 0.3 is 0 Å². The van der Waals surface area contributed by atoms with Crippen molar-refractivity contribution in [3.05, 3.63) is 23.3 Å². The van der Waals surface area contributed by atoms with Crippen LogP contribution in [0.1, 0.15) is 92.4 Å². The van der Waals surface area contributed by atoms with Crippen molar-refractivity contribution in [2.75, 3.05) is 0 Å². The number of ketones is 1. The molecule has 0 aromatic carbocycles. The fourth-order valence-corrected chi connectivity index (χ4v) is 8.29. The Hall–Kier alpha value is -0.850. The molecule has 27 heavy (non-hydrogen) atoms. The Labute approximate surface area is 167 Å². The van der Waals surface area contributed by atoms with Crippen molar-refractivity contribution in [2.45, 2.75) is 92.4 Å². The van der Waals surface area contributed by atoms with Gasteiger partial charge in [-0.2, -0.15) is 0 Å². The van der Waals surface area contributed by atoms with Crippen molar-refractivity contribution in [1.29, 1.82) is 0 Å². The van der Waals surface area contributed by atoms with E-state index < -0.39 is 0 Å². The van der Waals surface area contributed by atoms with Crippen LogP contribution in [-0.4, -0.2) is 5.78 Å². The van der Waals surface area contributed by atoms with E-state index in [2.05, 4.69) is 26.0 Å². The summed E-state index contributed by atoms with van der Waals surface area (Å²) in [5, 5.41) is 0. The molecule has 3 unspecified atom stereocenters. The zero-order chi connectivity index (χ0) is 19.4. The van der Waals surface area contributed by atoms with Gasteiger partial charge in [0, 0.05) is 5.92 Å². The van der Waals surface area contributed by atoms with Crippen LogP contribution in [0.5, 0.6) is 0 Å². The summed E-state index contributed by atoms with van der Waals surface area (Å²) in [4.78, 5) is 12.3. The molecule has 0 spiro atoms. The molecule has 0 aromatic rings. The van der Waals surface area contributed by atoms with E-state index in [1.807, 2.05) is 20.8 Å². The number of Topliss-reactive ketones (excluding diaryl/α,β-unsaturated/α-hetero) is 1. The second-order valence-corrected chi connectivity index (χ2v) is 10.5. The molecular formula is C26H40O. The summed E-state index contributed by atoms with van der Waals surface area (Å²) in [6.07, 6.45) is 16.8. The van der Waals surface area contributed by atoms with Crippen molar-refractivity contribution in [3.63, 3.8) is 0 Å². The summed E-state index contributed by atoms with van der Waals surface area (Å²) in [7, 11) is 0. The van der Waals surface area contributed by atoms with Gasteiger partial charge in [-0.1, -0.05) is 45.4 Å². The highest BCUT2D eigenvalue weighted by molar-refractivity contribution is 5.79. The lowest BCUT2D eigenvalue weighted by atomic mass is 9.44. The number of carbonyl (C=O) groups excluding carboxylic acids is 1. The van der Waals surface area contributed by atoms with Gasteiger partial charge in [-0.15, -0.1) is 0 Å². The highest BCUT2D eigenvalue weighted by Gasteiger charge is 2.60. The summed E-state index contributed by atoms with van der Waals surface area (Å²) < 4.78 is 0. The van der Waals surface area contributed by atoms with E-state index in [4.69, 9.17) is 0 Å². The van der Waals surface area contributed by atoms with E-state index in [1.54, 1.807) is 11.1 Å². The third kappa shape index (κ3) is 2.90. The highest BCUT2D eigenvalue weighted by Crippen LogP contribution is 2.68. The maximum Gasteiger partial charge on any atom is 0.133 e. The van der Waals surface area contributed by atoms with Gasteiger partial charge < -0.3 is 0 Å². The van der Waals surface area contributed by atoms with E-state index in [-0.39, 0.29) is 0 Å². The molecule has 5 rings (SSSR count). The minimum Gasteiger partial charge on any atom is -0.300 e. The summed E-state index contributed by atoms with van der Waals surface area (Å²) in [6, 6.07) is 0. The van der Waals surface area contributed by atoms with Gasteiger partial charge in [0.25, 0.3) is 0 Å². The molecule has 7 atom stereocenters. The maximum absolute atomic E-state index is 12.3. The van der Waals surface area contributed by atoms with Crippen molar-refractivity contribution < 1.29 is 4.79 Å².